The van der Waals surface area contributed by atoms with E-state index in [-0.39, 0.29) is 5.91 Å². The van der Waals surface area contributed by atoms with Gasteiger partial charge in [-0.15, -0.1) is 0 Å². The maximum Gasteiger partial charge on any atom is 0.255 e. The summed E-state index contributed by atoms with van der Waals surface area (Å²) in [5, 5.41) is 2.61. The second-order valence-electron chi connectivity index (χ2n) is 3.82. The molecule has 0 aliphatic rings. The van der Waals surface area contributed by atoms with E-state index in [1.54, 1.807) is 24.3 Å². The van der Waals surface area contributed by atoms with Crippen molar-refractivity contribution in [2.45, 2.75) is 0 Å². The second-order valence-corrected chi connectivity index (χ2v) is 5.53. The SMILES string of the molecule is Nc1ccc(C(=O)Nc2ccc(Br)c(F)c2)cc1Br. The number of amides is 1. The summed E-state index contributed by atoms with van der Waals surface area (Å²) in [6.07, 6.45) is 0. The summed E-state index contributed by atoms with van der Waals surface area (Å²) in [7, 11) is 0. The van der Waals surface area contributed by atoms with E-state index >= 15 is 0 Å². The van der Waals surface area contributed by atoms with Crippen LogP contribution in [-0.4, -0.2) is 5.91 Å². The van der Waals surface area contributed by atoms with Gasteiger partial charge < -0.3 is 11.1 Å². The van der Waals surface area contributed by atoms with Crippen LogP contribution in [0, 0.1) is 5.82 Å². The molecule has 2 rings (SSSR count). The van der Waals surface area contributed by atoms with Gasteiger partial charge in [0.2, 0.25) is 0 Å². The Labute approximate surface area is 126 Å². The number of rotatable bonds is 2. The van der Waals surface area contributed by atoms with Gasteiger partial charge in [0.25, 0.3) is 5.91 Å². The Balaban J connectivity index is 2.20. The lowest BCUT2D eigenvalue weighted by Gasteiger charge is -2.07. The van der Waals surface area contributed by atoms with Crippen LogP contribution in [0.15, 0.2) is 45.3 Å². The number of benzene rings is 2. The number of anilines is 2. The lowest BCUT2D eigenvalue weighted by Crippen LogP contribution is -2.12. The normalized spacial score (nSPS) is 10.3. The maximum absolute atomic E-state index is 13.3. The molecule has 1 amide bonds. The molecule has 19 heavy (non-hydrogen) atoms. The Morgan fingerprint density at radius 3 is 2.47 bits per heavy atom. The van der Waals surface area contributed by atoms with Crippen LogP contribution in [0.3, 0.4) is 0 Å². The maximum atomic E-state index is 13.3. The number of hydrogen-bond acceptors (Lipinski definition) is 2. The molecule has 2 aromatic carbocycles. The van der Waals surface area contributed by atoms with Crippen molar-refractivity contribution in [1.29, 1.82) is 0 Å². The Morgan fingerprint density at radius 1 is 1.11 bits per heavy atom. The van der Waals surface area contributed by atoms with Crippen LogP contribution >= 0.6 is 31.9 Å². The van der Waals surface area contributed by atoms with Crippen molar-refractivity contribution in [3.05, 3.63) is 56.7 Å². The molecule has 0 saturated carbocycles. The number of nitrogens with one attached hydrogen (secondary N) is 1. The van der Waals surface area contributed by atoms with Crippen LogP contribution in [-0.2, 0) is 0 Å². The molecule has 0 atom stereocenters. The van der Waals surface area contributed by atoms with Crippen molar-refractivity contribution in [3.8, 4) is 0 Å². The average molecular weight is 388 g/mol. The summed E-state index contributed by atoms with van der Waals surface area (Å²) in [4.78, 5) is 12.0. The molecule has 0 aromatic heterocycles. The van der Waals surface area contributed by atoms with Crippen LogP contribution in [0.4, 0.5) is 15.8 Å². The van der Waals surface area contributed by atoms with Gasteiger partial charge in [-0.25, -0.2) is 4.39 Å². The minimum atomic E-state index is -0.434. The van der Waals surface area contributed by atoms with Gasteiger partial charge in [0.15, 0.2) is 0 Å². The number of nitrogen functional groups attached to an aromatic ring is 1. The molecular formula is C13H9Br2FN2O. The highest BCUT2D eigenvalue weighted by Crippen LogP contribution is 2.22. The number of carbonyl (C=O) groups excluding carboxylic acids is 1. The van der Waals surface area contributed by atoms with Gasteiger partial charge in [-0.05, 0) is 68.3 Å². The molecule has 0 spiro atoms. The first-order chi connectivity index (χ1) is 8.97. The van der Waals surface area contributed by atoms with Crippen molar-refractivity contribution >= 4 is 49.1 Å². The lowest BCUT2D eigenvalue weighted by molar-refractivity contribution is 0.102. The van der Waals surface area contributed by atoms with E-state index < -0.39 is 5.82 Å². The monoisotopic (exact) mass is 386 g/mol. The summed E-state index contributed by atoms with van der Waals surface area (Å²) in [5.41, 5.74) is 7.01. The standard InChI is InChI=1S/C13H9Br2FN2O/c14-9-3-2-8(6-11(9)16)18-13(19)7-1-4-12(17)10(15)5-7/h1-6H,17H2,(H,18,19). The smallest absolute Gasteiger partial charge is 0.255 e. The minimum absolute atomic E-state index is 0.331. The van der Waals surface area contributed by atoms with Gasteiger partial charge in [-0.1, -0.05) is 0 Å². The number of nitrogens with two attached hydrogens (primary N) is 1. The van der Waals surface area contributed by atoms with Gasteiger partial charge >= 0.3 is 0 Å². The summed E-state index contributed by atoms with van der Waals surface area (Å²) < 4.78 is 14.3. The quantitative estimate of drug-likeness (QED) is 0.759. The van der Waals surface area contributed by atoms with Gasteiger partial charge in [0.05, 0.1) is 4.47 Å². The highest BCUT2D eigenvalue weighted by Gasteiger charge is 2.09. The summed E-state index contributed by atoms with van der Waals surface area (Å²) in [6, 6.07) is 9.22. The van der Waals surface area contributed by atoms with E-state index in [9.17, 15) is 9.18 Å². The summed E-state index contributed by atoms with van der Waals surface area (Å²) >= 11 is 6.30. The van der Waals surface area contributed by atoms with E-state index in [0.29, 0.717) is 25.9 Å². The first-order valence-corrected chi connectivity index (χ1v) is 6.87. The highest BCUT2D eigenvalue weighted by molar-refractivity contribution is 9.10. The topological polar surface area (TPSA) is 55.1 Å². The van der Waals surface area contributed by atoms with E-state index in [0.717, 1.165) is 0 Å². The fourth-order valence-corrected chi connectivity index (χ4v) is 2.07. The highest BCUT2D eigenvalue weighted by atomic mass is 79.9. The molecule has 98 valence electrons. The van der Waals surface area contributed by atoms with E-state index in [1.165, 1.54) is 12.1 Å². The first-order valence-electron chi connectivity index (χ1n) is 5.29. The van der Waals surface area contributed by atoms with Crippen molar-refractivity contribution in [2.75, 3.05) is 11.1 Å². The van der Waals surface area contributed by atoms with Crippen molar-refractivity contribution in [2.24, 2.45) is 0 Å². The zero-order valence-electron chi connectivity index (χ0n) is 9.58. The molecule has 0 unspecified atom stereocenters. The Hall–Kier alpha value is -1.40. The van der Waals surface area contributed by atoms with E-state index in [4.69, 9.17) is 5.73 Å². The number of carbonyl (C=O) groups is 1. The third kappa shape index (κ3) is 3.33. The second kappa shape index (κ2) is 5.71. The Morgan fingerprint density at radius 2 is 1.84 bits per heavy atom. The molecule has 0 heterocycles. The molecule has 3 nitrogen and oxygen atoms in total. The third-order valence-corrected chi connectivity index (χ3v) is 3.77. The van der Waals surface area contributed by atoms with Gasteiger partial charge in [-0.2, -0.15) is 0 Å². The number of hydrogen-bond donors (Lipinski definition) is 2. The molecule has 0 radical (unpaired) electrons. The lowest BCUT2D eigenvalue weighted by atomic mass is 10.2. The molecule has 3 N–H and O–H groups in total. The van der Waals surface area contributed by atoms with Crippen LogP contribution < -0.4 is 11.1 Å². The Kier molecular flexibility index (Phi) is 4.21. The first kappa shape index (κ1) is 14.0. The van der Waals surface area contributed by atoms with Gasteiger partial charge in [0, 0.05) is 21.4 Å². The van der Waals surface area contributed by atoms with Gasteiger partial charge in [-0.3, -0.25) is 4.79 Å². The predicted molar refractivity (Wildman–Crippen MR) is 80.6 cm³/mol. The molecule has 6 heteroatoms. The van der Waals surface area contributed by atoms with Crippen molar-refractivity contribution in [1.82, 2.24) is 0 Å². The molecular weight excluding hydrogens is 379 g/mol. The average Bonchev–Trinajstić information content (AvgIpc) is 2.37. The Bertz CT molecular complexity index is 647. The summed E-state index contributed by atoms with van der Waals surface area (Å²) in [6.45, 7) is 0. The van der Waals surface area contributed by atoms with Crippen LogP contribution in [0.25, 0.3) is 0 Å². The molecule has 0 bridgehead atoms. The van der Waals surface area contributed by atoms with E-state index in [2.05, 4.69) is 37.2 Å². The molecule has 0 aliphatic heterocycles. The van der Waals surface area contributed by atoms with Gasteiger partial charge in [0.1, 0.15) is 5.82 Å². The largest absolute Gasteiger partial charge is 0.398 e. The van der Waals surface area contributed by atoms with Crippen LogP contribution in [0.1, 0.15) is 10.4 Å². The van der Waals surface area contributed by atoms with Crippen molar-refractivity contribution in [3.63, 3.8) is 0 Å². The molecule has 0 saturated heterocycles. The fraction of sp³-hybridized carbons (Fsp3) is 0. The predicted octanol–water partition coefficient (Wildman–Crippen LogP) is 4.19. The van der Waals surface area contributed by atoms with Crippen LogP contribution in [0.2, 0.25) is 0 Å². The molecule has 0 aliphatic carbocycles. The zero-order chi connectivity index (χ0) is 14.0. The van der Waals surface area contributed by atoms with Crippen molar-refractivity contribution < 1.29 is 9.18 Å². The number of halogens is 3. The fourth-order valence-electron chi connectivity index (χ4n) is 1.45. The van der Waals surface area contributed by atoms with Crippen LogP contribution in [0.5, 0.6) is 0 Å². The molecule has 2 aromatic rings. The zero-order valence-corrected chi connectivity index (χ0v) is 12.8. The van der Waals surface area contributed by atoms with E-state index in [1.807, 2.05) is 0 Å². The molecule has 0 fully saturated rings. The minimum Gasteiger partial charge on any atom is -0.398 e. The summed E-state index contributed by atoms with van der Waals surface area (Å²) in [5.74, 6) is -0.765. The third-order valence-electron chi connectivity index (χ3n) is 2.44.